The Kier molecular flexibility index (Phi) is 6.66. The minimum absolute atomic E-state index is 0.0164. The molecule has 0 aliphatic heterocycles. The van der Waals surface area contributed by atoms with Crippen LogP contribution in [0.3, 0.4) is 0 Å². The average molecular weight is 402 g/mol. The summed E-state index contributed by atoms with van der Waals surface area (Å²) in [7, 11) is 0. The molecule has 0 bridgehead atoms. The summed E-state index contributed by atoms with van der Waals surface area (Å²) in [5.74, 6) is -1.86. The second-order valence-corrected chi connectivity index (χ2v) is 8.28. The van der Waals surface area contributed by atoms with Gasteiger partial charge in [-0.2, -0.15) is 0 Å². The van der Waals surface area contributed by atoms with E-state index in [2.05, 4.69) is 11.3 Å². The first-order valence-corrected chi connectivity index (χ1v) is 10.1. The molecular weight excluding hydrogens is 375 g/mol. The Balaban J connectivity index is 1.57. The van der Waals surface area contributed by atoms with Gasteiger partial charge >= 0.3 is 6.36 Å². The van der Waals surface area contributed by atoms with Crippen LogP contribution >= 0.6 is 0 Å². The largest absolute Gasteiger partial charge is 0.573 e. The Hall–Kier alpha value is -1.59. The molecule has 0 spiro atoms. The highest BCUT2D eigenvalue weighted by molar-refractivity contribution is 5.33. The molecule has 3 rings (SSSR count). The Morgan fingerprint density at radius 3 is 1.86 bits per heavy atom. The molecule has 0 unspecified atom stereocenters. The fourth-order valence-electron chi connectivity index (χ4n) is 5.08. The minimum Gasteiger partial charge on any atom is -0.399 e. The molecule has 1 aromatic rings. The van der Waals surface area contributed by atoms with Crippen molar-refractivity contribution in [2.24, 2.45) is 17.8 Å². The summed E-state index contributed by atoms with van der Waals surface area (Å²) < 4.78 is 68.3. The van der Waals surface area contributed by atoms with Crippen molar-refractivity contribution in [3.63, 3.8) is 0 Å². The van der Waals surface area contributed by atoms with Crippen LogP contribution in [0.4, 0.5) is 22.0 Å². The lowest BCUT2D eigenvalue weighted by Gasteiger charge is -2.38. The van der Waals surface area contributed by atoms with Crippen LogP contribution in [0.15, 0.2) is 24.8 Å². The van der Waals surface area contributed by atoms with Gasteiger partial charge in [0.05, 0.1) is 0 Å². The summed E-state index contributed by atoms with van der Waals surface area (Å²) in [4.78, 5) is 0. The highest BCUT2D eigenvalue weighted by Gasteiger charge is 2.35. The highest BCUT2D eigenvalue weighted by Crippen LogP contribution is 2.45. The molecule has 0 amide bonds. The molecule has 2 fully saturated rings. The predicted octanol–water partition coefficient (Wildman–Crippen LogP) is 7.52. The molecule has 1 nitrogen and oxygen atoms in total. The molecule has 2 saturated carbocycles. The molecule has 0 saturated heterocycles. The Labute approximate surface area is 163 Å². The van der Waals surface area contributed by atoms with Crippen LogP contribution in [0.5, 0.6) is 5.75 Å². The lowest BCUT2D eigenvalue weighted by atomic mass is 9.68. The summed E-state index contributed by atoms with van der Waals surface area (Å²) >= 11 is 0. The van der Waals surface area contributed by atoms with Gasteiger partial charge in [-0.3, -0.25) is 0 Å². The Morgan fingerprint density at radius 2 is 1.39 bits per heavy atom. The third-order valence-electron chi connectivity index (χ3n) is 6.54. The molecule has 156 valence electrons. The molecule has 0 heterocycles. The number of hydrogen-bond acceptors (Lipinski definition) is 1. The summed E-state index contributed by atoms with van der Waals surface area (Å²) in [6.07, 6.45) is 6.57. The monoisotopic (exact) mass is 402 g/mol. The normalized spacial score (nSPS) is 28.8. The number of ether oxygens (including phenoxy) is 1. The van der Waals surface area contributed by atoms with E-state index in [1.54, 1.807) is 0 Å². The zero-order valence-electron chi connectivity index (χ0n) is 15.9. The Morgan fingerprint density at radius 1 is 0.893 bits per heavy atom. The van der Waals surface area contributed by atoms with Crippen molar-refractivity contribution in [2.75, 3.05) is 0 Å². The van der Waals surface area contributed by atoms with E-state index in [4.69, 9.17) is 0 Å². The first-order valence-electron chi connectivity index (χ1n) is 10.1. The van der Waals surface area contributed by atoms with E-state index in [9.17, 15) is 22.0 Å². The summed E-state index contributed by atoms with van der Waals surface area (Å²) in [6, 6.07) is 1.99. The van der Waals surface area contributed by atoms with Crippen molar-refractivity contribution < 1.29 is 26.7 Å². The molecule has 0 aromatic heterocycles. The fraction of sp³-hybridized carbons (Fsp3) is 0.636. The first kappa shape index (κ1) is 21.1. The van der Waals surface area contributed by atoms with Gasteiger partial charge in [0.15, 0.2) is 11.6 Å². The molecule has 6 heteroatoms. The van der Waals surface area contributed by atoms with Gasteiger partial charge in [-0.15, -0.1) is 19.8 Å². The van der Waals surface area contributed by atoms with E-state index < -0.39 is 23.7 Å². The van der Waals surface area contributed by atoms with Gasteiger partial charge < -0.3 is 4.74 Å². The van der Waals surface area contributed by atoms with Gasteiger partial charge in [0, 0.05) is 0 Å². The van der Waals surface area contributed by atoms with Crippen molar-refractivity contribution in [1.29, 1.82) is 0 Å². The topological polar surface area (TPSA) is 9.23 Å². The van der Waals surface area contributed by atoms with E-state index in [1.807, 2.05) is 6.08 Å². The van der Waals surface area contributed by atoms with Crippen LogP contribution < -0.4 is 4.74 Å². The van der Waals surface area contributed by atoms with Crippen LogP contribution in [-0.2, 0) is 0 Å². The summed E-state index contributed by atoms with van der Waals surface area (Å²) in [5.41, 5.74) is 0.428. The smallest absolute Gasteiger partial charge is 0.399 e. The van der Waals surface area contributed by atoms with E-state index in [-0.39, 0.29) is 5.92 Å². The highest BCUT2D eigenvalue weighted by atomic mass is 19.4. The van der Waals surface area contributed by atoms with Gasteiger partial charge in [-0.1, -0.05) is 6.08 Å². The van der Waals surface area contributed by atoms with Gasteiger partial charge in [-0.05, 0) is 99.2 Å². The van der Waals surface area contributed by atoms with Gasteiger partial charge in [0.1, 0.15) is 0 Å². The molecule has 0 N–H and O–H groups in total. The number of allylic oxidation sites excluding steroid dienone is 1. The summed E-state index contributed by atoms with van der Waals surface area (Å²) in [6.45, 7) is 3.82. The zero-order valence-corrected chi connectivity index (χ0v) is 15.9. The number of rotatable bonds is 5. The van der Waals surface area contributed by atoms with Crippen LogP contribution in [-0.4, -0.2) is 6.36 Å². The molecule has 0 radical (unpaired) electrons. The maximum Gasteiger partial charge on any atom is 0.573 e. The molecule has 2 aliphatic carbocycles. The zero-order chi connectivity index (χ0) is 20.3. The van der Waals surface area contributed by atoms with Crippen molar-refractivity contribution in [1.82, 2.24) is 0 Å². The Bertz CT molecular complexity index is 645. The van der Waals surface area contributed by atoms with E-state index >= 15 is 0 Å². The van der Waals surface area contributed by atoms with E-state index in [1.165, 1.54) is 25.7 Å². The van der Waals surface area contributed by atoms with Crippen LogP contribution in [0.25, 0.3) is 0 Å². The van der Waals surface area contributed by atoms with Crippen molar-refractivity contribution in [3.05, 3.63) is 42.0 Å². The lowest BCUT2D eigenvalue weighted by Crippen LogP contribution is -2.25. The first-order chi connectivity index (χ1) is 13.3. The van der Waals surface area contributed by atoms with Crippen LogP contribution in [0.1, 0.15) is 69.3 Å². The molecule has 0 atom stereocenters. The molecule has 2 aliphatic rings. The third-order valence-corrected chi connectivity index (χ3v) is 6.54. The van der Waals surface area contributed by atoms with Crippen molar-refractivity contribution in [3.8, 4) is 5.75 Å². The SMILES string of the molecule is C=CCC1CCC(C2CCC(c3cc(F)c(OC(F)(F)F)c(F)c3)CC2)CC1. The number of benzene rings is 1. The molecule has 28 heavy (non-hydrogen) atoms. The average Bonchev–Trinajstić information content (AvgIpc) is 2.65. The second-order valence-electron chi connectivity index (χ2n) is 8.28. The third kappa shape index (κ3) is 5.26. The van der Waals surface area contributed by atoms with E-state index in [0.29, 0.717) is 11.5 Å². The number of hydrogen-bond donors (Lipinski definition) is 0. The summed E-state index contributed by atoms with van der Waals surface area (Å²) in [5, 5.41) is 0. The predicted molar refractivity (Wildman–Crippen MR) is 98.0 cm³/mol. The molecule has 1 aromatic carbocycles. The quantitative estimate of drug-likeness (QED) is 0.366. The lowest BCUT2D eigenvalue weighted by molar-refractivity contribution is -0.276. The standard InChI is InChI=1S/C22H27F5O/c1-2-3-14-4-6-15(7-5-14)16-8-10-17(11-9-16)18-12-19(23)21(20(24)13-18)28-22(25,26)27/h2,12-17H,1,3-11H2. The minimum atomic E-state index is -5.12. The van der Waals surface area contributed by atoms with Gasteiger partial charge in [0.25, 0.3) is 0 Å². The van der Waals surface area contributed by atoms with Gasteiger partial charge in [0.2, 0.25) is 5.75 Å². The number of halogens is 5. The van der Waals surface area contributed by atoms with Crippen molar-refractivity contribution >= 4 is 0 Å². The van der Waals surface area contributed by atoms with Crippen LogP contribution in [0.2, 0.25) is 0 Å². The number of alkyl halides is 3. The fourth-order valence-corrected chi connectivity index (χ4v) is 5.08. The molecular formula is C22H27F5O. The van der Waals surface area contributed by atoms with Crippen molar-refractivity contribution in [2.45, 2.75) is 70.1 Å². The second kappa shape index (κ2) is 8.83. The maximum absolute atomic E-state index is 14.0. The van der Waals surface area contributed by atoms with Gasteiger partial charge in [-0.25, -0.2) is 8.78 Å². The maximum atomic E-state index is 14.0. The van der Waals surface area contributed by atoms with Crippen LogP contribution in [0, 0.1) is 29.4 Å². The van der Waals surface area contributed by atoms with E-state index in [0.717, 1.165) is 56.1 Å².